The minimum atomic E-state index is 0.125. The third-order valence-electron chi connectivity index (χ3n) is 4.40. The van der Waals surface area contributed by atoms with Crippen LogP contribution in [0.15, 0.2) is 18.2 Å². The van der Waals surface area contributed by atoms with Crippen molar-refractivity contribution in [1.29, 1.82) is 0 Å². The minimum Gasteiger partial charge on any atom is -0.378 e. The Morgan fingerprint density at radius 1 is 1.33 bits per heavy atom. The third kappa shape index (κ3) is 3.86. The zero-order valence-electron chi connectivity index (χ0n) is 12.2. The molecule has 21 heavy (non-hydrogen) atoms. The minimum absolute atomic E-state index is 0.125. The Morgan fingerprint density at radius 2 is 2.24 bits per heavy atom. The SMILES string of the molecule is O=C1CCc2cc(C(Br)CCC3CCCCO3)ccc2N1. The predicted octanol–water partition coefficient (Wildman–Crippen LogP) is 4.36. The molecule has 3 nitrogen and oxygen atoms in total. The zero-order valence-corrected chi connectivity index (χ0v) is 13.8. The number of carbonyl (C=O) groups is 1. The van der Waals surface area contributed by atoms with Gasteiger partial charge in [0.05, 0.1) is 6.10 Å². The topological polar surface area (TPSA) is 38.3 Å². The molecule has 1 saturated heterocycles. The number of aryl methyl sites for hydroxylation is 1. The van der Waals surface area contributed by atoms with Crippen molar-refractivity contribution in [3.05, 3.63) is 29.3 Å². The van der Waals surface area contributed by atoms with Gasteiger partial charge in [-0.05, 0) is 55.7 Å². The number of nitrogens with one attached hydrogen (secondary N) is 1. The van der Waals surface area contributed by atoms with Crippen molar-refractivity contribution < 1.29 is 9.53 Å². The number of anilines is 1. The second kappa shape index (κ2) is 6.93. The number of rotatable bonds is 4. The molecule has 114 valence electrons. The maximum atomic E-state index is 11.4. The first kappa shape index (κ1) is 15.0. The van der Waals surface area contributed by atoms with E-state index in [1.807, 2.05) is 6.07 Å². The summed E-state index contributed by atoms with van der Waals surface area (Å²) < 4.78 is 5.80. The lowest BCUT2D eigenvalue weighted by atomic mass is 9.96. The summed E-state index contributed by atoms with van der Waals surface area (Å²) in [6.07, 6.45) is 7.81. The van der Waals surface area contributed by atoms with E-state index in [9.17, 15) is 4.79 Å². The number of fused-ring (bicyclic) bond motifs is 1. The monoisotopic (exact) mass is 351 g/mol. The number of benzene rings is 1. The quantitative estimate of drug-likeness (QED) is 0.818. The van der Waals surface area contributed by atoms with E-state index in [1.165, 1.54) is 30.4 Å². The number of halogens is 1. The van der Waals surface area contributed by atoms with E-state index in [0.717, 1.165) is 31.6 Å². The molecule has 2 heterocycles. The number of ether oxygens (including phenoxy) is 1. The van der Waals surface area contributed by atoms with E-state index in [-0.39, 0.29) is 5.91 Å². The molecule has 2 aliphatic rings. The van der Waals surface area contributed by atoms with Crippen molar-refractivity contribution >= 4 is 27.5 Å². The van der Waals surface area contributed by atoms with E-state index >= 15 is 0 Å². The summed E-state index contributed by atoms with van der Waals surface area (Å²) in [6, 6.07) is 6.38. The van der Waals surface area contributed by atoms with Crippen LogP contribution in [0.1, 0.15) is 54.5 Å². The van der Waals surface area contributed by atoms with Gasteiger partial charge in [0.25, 0.3) is 0 Å². The highest BCUT2D eigenvalue weighted by atomic mass is 79.9. The largest absolute Gasteiger partial charge is 0.378 e. The van der Waals surface area contributed by atoms with E-state index in [0.29, 0.717) is 17.4 Å². The average molecular weight is 352 g/mol. The molecule has 2 aliphatic heterocycles. The first-order chi connectivity index (χ1) is 10.2. The Bertz CT molecular complexity index is 512. The van der Waals surface area contributed by atoms with Crippen LogP contribution in [0.5, 0.6) is 0 Å². The summed E-state index contributed by atoms with van der Waals surface area (Å²) in [4.78, 5) is 11.8. The van der Waals surface area contributed by atoms with Gasteiger partial charge in [-0.15, -0.1) is 0 Å². The molecule has 0 bridgehead atoms. The molecule has 0 saturated carbocycles. The predicted molar refractivity (Wildman–Crippen MR) is 87.9 cm³/mol. The Labute approximate surface area is 134 Å². The molecule has 1 aromatic rings. The van der Waals surface area contributed by atoms with Gasteiger partial charge in [0.2, 0.25) is 5.91 Å². The summed E-state index contributed by atoms with van der Waals surface area (Å²) in [6.45, 7) is 0.927. The van der Waals surface area contributed by atoms with Crippen LogP contribution < -0.4 is 5.32 Å². The van der Waals surface area contributed by atoms with E-state index in [4.69, 9.17) is 4.74 Å². The van der Waals surface area contributed by atoms with E-state index in [1.54, 1.807) is 0 Å². The third-order valence-corrected chi connectivity index (χ3v) is 5.39. The van der Waals surface area contributed by atoms with Crippen LogP contribution >= 0.6 is 15.9 Å². The number of hydrogen-bond donors (Lipinski definition) is 1. The van der Waals surface area contributed by atoms with Crippen molar-refractivity contribution in [2.24, 2.45) is 0 Å². The molecule has 0 radical (unpaired) electrons. The van der Waals surface area contributed by atoms with Crippen LogP contribution in [-0.2, 0) is 16.0 Å². The molecule has 3 rings (SSSR count). The normalized spacial score (nSPS) is 23.3. The molecule has 1 N–H and O–H groups in total. The van der Waals surface area contributed by atoms with Gasteiger partial charge in [0.1, 0.15) is 0 Å². The highest BCUT2D eigenvalue weighted by molar-refractivity contribution is 9.09. The Kier molecular flexibility index (Phi) is 4.96. The number of amides is 1. The van der Waals surface area contributed by atoms with Crippen LogP contribution in [-0.4, -0.2) is 18.6 Å². The summed E-state index contributed by atoms with van der Waals surface area (Å²) in [5.41, 5.74) is 3.54. The highest BCUT2D eigenvalue weighted by Gasteiger charge is 2.19. The van der Waals surface area contributed by atoms with Crippen molar-refractivity contribution in [3.63, 3.8) is 0 Å². The number of carbonyl (C=O) groups excluding carboxylic acids is 1. The first-order valence-corrected chi connectivity index (χ1v) is 8.82. The lowest BCUT2D eigenvalue weighted by molar-refractivity contribution is -0.116. The Hall–Kier alpha value is -0.870. The second-order valence-electron chi connectivity index (χ2n) is 6.00. The fourth-order valence-electron chi connectivity index (χ4n) is 3.13. The molecule has 0 spiro atoms. The maximum Gasteiger partial charge on any atom is 0.224 e. The lowest BCUT2D eigenvalue weighted by Gasteiger charge is -2.24. The summed E-state index contributed by atoms with van der Waals surface area (Å²) in [5, 5.41) is 2.94. The molecule has 2 atom stereocenters. The molecule has 0 aromatic heterocycles. The van der Waals surface area contributed by atoms with Crippen LogP contribution in [0.2, 0.25) is 0 Å². The smallest absolute Gasteiger partial charge is 0.224 e. The molecule has 0 aliphatic carbocycles. The van der Waals surface area contributed by atoms with Gasteiger partial charge in [0, 0.05) is 23.5 Å². The fraction of sp³-hybridized carbons (Fsp3) is 0.588. The van der Waals surface area contributed by atoms with Crippen LogP contribution in [0.4, 0.5) is 5.69 Å². The van der Waals surface area contributed by atoms with Gasteiger partial charge >= 0.3 is 0 Å². The van der Waals surface area contributed by atoms with Crippen molar-refractivity contribution in [2.45, 2.75) is 55.9 Å². The molecule has 4 heteroatoms. The number of hydrogen-bond acceptors (Lipinski definition) is 2. The van der Waals surface area contributed by atoms with Crippen LogP contribution in [0.3, 0.4) is 0 Å². The Balaban J connectivity index is 1.59. The summed E-state index contributed by atoms with van der Waals surface area (Å²) in [7, 11) is 0. The van der Waals surface area contributed by atoms with Gasteiger partial charge in [-0.3, -0.25) is 4.79 Å². The van der Waals surface area contributed by atoms with Gasteiger partial charge in [0.15, 0.2) is 0 Å². The molecule has 1 amide bonds. The summed E-state index contributed by atoms with van der Waals surface area (Å²) >= 11 is 3.81. The average Bonchev–Trinajstić information content (AvgIpc) is 2.53. The molecular formula is C17H22BrNO2. The zero-order chi connectivity index (χ0) is 14.7. The second-order valence-corrected chi connectivity index (χ2v) is 7.10. The van der Waals surface area contributed by atoms with Gasteiger partial charge < -0.3 is 10.1 Å². The lowest BCUT2D eigenvalue weighted by Crippen LogP contribution is -2.20. The first-order valence-electron chi connectivity index (χ1n) is 7.91. The fourth-order valence-corrected chi connectivity index (χ4v) is 3.68. The van der Waals surface area contributed by atoms with Gasteiger partial charge in [-0.25, -0.2) is 0 Å². The van der Waals surface area contributed by atoms with Crippen molar-refractivity contribution in [3.8, 4) is 0 Å². The molecule has 1 aromatic carbocycles. The van der Waals surface area contributed by atoms with Crippen molar-refractivity contribution in [2.75, 3.05) is 11.9 Å². The molecule has 2 unspecified atom stereocenters. The Morgan fingerprint density at radius 3 is 3.05 bits per heavy atom. The van der Waals surface area contributed by atoms with Crippen LogP contribution in [0, 0.1) is 0 Å². The maximum absolute atomic E-state index is 11.4. The van der Waals surface area contributed by atoms with Gasteiger partial charge in [-0.1, -0.05) is 28.1 Å². The highest BCUT2D eigenvalue weighted by Crippen LogP contribution is 2.33. The summed E-state index contributed by atoms with van der Waals surface area (Å²) in [5.74, 6) is 0.125. The van der Waals surface area contributed by atoms with Crippen LogP contribution in [0.25, 0.3) is 0 Å². The molecular weight excluding hydrogens is 330 g/mol. The molecule has 1 fully saturated rings. The van der Waals surface area contributed by atoms with E-state index in [2.05, 4.69) is 33.4 Å². The number of alkyl halides is 1. The van der Waals surface area contributed by atoms with E-state index < -0.39 is 0 Å². The van der Waals surface area contributed by atoms with Gasteiger partial charge in [-0.2, -0.15) is 0 Å². The van der Waals surface area contributed by atoms with Crippen molar-refractivity contribution in [1.82, 2.24) is 0 Å². The standard InChI is InChI=1S/C17H22BrNO2/c18-15(7-6-14-3-1-2-10-21-14)12-4-8-16-13(11-12)5-9-17(20)19-16/h4,8,11,14-15H,1-3,5-7,9-10H2,(H,19,20).